The average Bonchev–Trinajstić information content (AvgIpc) is 2.14. The highest BCUT2D eigenvalue weighted by atomic mass is 35.5. The van der Waals surface area contributed by atoms with Crippen LogP contribution in [0.3, 0.4) is 0 Å². The molecule has 0 aliphatic carbocycles. The molecular formula is C10H16ClN3. The van der Waals surface area contributed by atoms with E-state index < -0.39 is 0 Å². The van der Waals surface area contributed by atoms with Crippen LogP contribution in [0.5, 0.6) is 0 Å². The molecule has 0 spiro atoms. The first kappa shape index (κ1) is 11.2. The van der Waals surface area contributed by atoms with Gasteiger partial charge in [-0.1, -0.05) is 32.4 Å². The minimum atomic E-state index is 0.419. The van der Waals surface area contributed by atoms with Crippen LogP contribution in [0.1, 0.15) is 27.2 Å². The Kier molecular flexibility index (Phi) is 4.14. The molecule has 0 radical (unpaired) electrons. The summed E-state index contributed by atoms with van der Waals surface area (Å²) in [6, 6.07) is 0.419. The molecular weight excluding hydrogens is 198 g/mol. The number of aromatic nitrogens is 2. The van der Waals surface area contributed by atoms with E-state index in [0.717, 1.165) is 12.2 Å². The van der Waals surface area contributed by atoms with Crippen LogP contribution in [-0.2, 0) is 0 Å². The summed E-state index contributed by atoms with van der Waals surface area (Å²) in [5.41, 5.74) is 0. The molecule has 0 saturated heterocycles. The minimum absolute atomic E-state index is 0.419. The van der Waals surface area contributed by atoms with Crippen LogP contribution in [0.25, 0.3) is 0 Å². The predicted octanol–water partition coefficient (Wildman–Crippen LogP) is 2.98. The van der Waals surface area contributed by atoms with Crippen LogP contribution < -0.4 is 5.32 Å². The Labute approximate surface area is 89.9 Å². The van der Waals surface area contributed by atoms with E-state index in [0.29, 0.717) is 17.1 Å². The largest absolute Gasteiger partial charge is 0.366 e. The maximum atomic E-state index is 5.74. The molecule has 78 valence electrons. The van der Waals surface area contributed by atoms with Gasteiger partial charge in [0, 0.05) is 6.04 Å². The SMILES string of the molecule is CCC(Nc1cncc(Cl)n1)C(C)C. The van der Waals surface area contributed by atoms with E-state index in [-0.39, 0.29) is 0 Å². The zero-order valence-electron chi connectivity index (χ0n) is 8.79. The van der Waals surface area contributed by atoms with Gasteiger partial charge in [0.25, 0.3) is 0 Å². The number of hydrogen-bond donors (Lipinski definition) is 1. The molecule has 14 heavy (non-hydrogen) atoms. The summed E-state index contributed by atoms with van der Waals surface area (Å²) in [5, 5.41) is 3.74. The monoisotopic (exact) mass is 213 g/mol. The van der Waals surface area contributed by atoms with Crippen molar-refractivity contribution in [3.05, 3.63) is 17.5 Å². The molecule has 1 aromatic heterocycles. The van der Waals surface area contributed by atoms with Gasteiger partial charge in [-0.2, -0.15) is 0 Å². The zero-order chi connectivity index (χ0) is 10.6. The molecule has 1 rings (SSSR count). The van der Waals surface area contributed by atoms with Crippen molar-refractivity contribution in [1.82, 2.24) is 9.97 Å². The molecule has 1 heterocycles. The number of rotatable bonds is 4. The number of nitrogens with one attached hydrogen (secondary N) is 1. The third-order valence-corrected chi connectivity index (χ3v) is 2.37. The lowest BCUT2D eigenvalue weighted by Gasteiger charge is -2.20. The average molecular weight is 214 g/mol. The van der Waals surface area contributed by atoms with Gasteiger partial charge in [0.1, 0.15) is 11.0 Å². The van der Waals surface area contributed by atoms with Gasteiger partial charge in [0.05, 0.1) is 12.4 Å². The van der Waals surface area contributed by atoms with Crippen LogP contribution in [0.15, 0.2) is 12.4 Å². The Balaban J connectivity index is 2.67. The van der Waals surface area contributed by atoms with E-state index in [9.17, 15) is 0 Å². The van der Waals surface area contributed by atoms with E-state index in [1.165, 1.54) is 6.20 Å². The number of hydrogen-bond acceptors (Lipinski definition) is 3. The lowest BCUT2D eigenvalue weighted by atomic mass is 10.0. The second-order valence-electron chi connectivity index (χ2n) is 3.63. The summed E-state index contributed by atoms with van der Waals surface area (Å²) in [6.07, 6.45) is 4.28. The second-order valence-corrected chi connectivity index (χ2v) is 4.02. The Hall–Kier alpha value is -0.830. The molecule has 1 unspecified atom stereocenters. The van der Waals surface area contributed by atoms with Crippen molar-refractivity contribution in [3.63, 3.8) is 0 Å². The highest BCUT2D eigenvalue weighted by Crippen LogP contribution is 2.13. The molecule has 1 atom stereocenters. The number of anilines is 1. The summed E-state index contributed by atoms with van der Waals surface area (Å²) in [4.78, 5) is 8.11. The fourth-order valence-corrected chi connectivity index (χ4v) is 1.49. The molecule has 0 bridgehead atoms. The molecule has 1 aromatic rings. The third-order valence-electron chi connectivity index (χ3n) is 2.18. The van der Waals surface area contributed by atoms with Gasteiger partial charge in [-0.15, -0.1) is 0 Å². The van der Waals surface area contributed by atoms with Crippen molar-refractivity contribution in [2.75, 3.05) is 5.32 Å². The summed E-state index contributed by atoms with van der Waals surface area (Å²) in [5.74, 6) is 1.32. The van der Waals surface area contributed by atoms with E-state index in [1.54, 1.807) is 6.20 Å². The van der Waals surface area contributed by atoms with Gasteiger partial charge in [-0.05, 0) is 12.3 Å². The fourth-order valence-electron chi connectivity index (χ4n) is 1.34. The van der Waals surface area contributed by atoms with Crippen LogP contribution >= 0.6 is 11.6 Å². The second kappa shape index (κ2) is 5.15. The Bertz CT molecular complexity index is 288. The first-order valence-electron chi connectivity index (χ1n) is 4.87. The van der Waals surface area contributed by atoms with Crippen molar-refractivity contribution in [2.45, 2.75) is 33.2 Å². The smallest absolute Gasteiger partial charge is 0.149 e. The number of nitrogens with zero attached hydrogens (tertiary/aromatic N) is 2. The van der Waals surface area contributed by atoms with Crippen LogP contribution in [0.2, 0.25) is 5.15 Å². The van der Waals surface area contributed by atoms with Crippen molar-refractivity contribution in [2.24, 2.45) is 5.92 Å². The van der Waals surface area contributed by atoms with Crippen LogP contribution in [0, 0.1) is 5.92 Å². The maximum Gasteiger partial charge on any atom is 0.149 e. The standard InChI is InChI=1S/C10H16ClN3/c1-4-8(7(2)3)13-10-6-12-5-9(11)14-10/h5-8H,4H2,1-3H3,(H,13,14). The first-order chi connectivity index (χ1) is 6.63. The van der Waals surface area contributed by atoms with E-state index in [4.69, 9.17) is 11.6 Å². The van der Waals surface area contributed by atoms with Crippen molar-refractivity contribution in [3.8, 4) is 0 Å². The van der Waals surface area contributed by atoms with E-state index >= 15 is 0 Å². The number of halogens is 1. The summed E-state index contributed by atoms with van der Waals surface area (Å²) < 4.78 is 0. The summed E-state index contributed by atoms with van der Waals surface area (Å²) in [7, 11) is 0. The Morgan fingerprint density at radius 3 is 2.64 bits per heavy atom. The molecule has 1 N–H and O–H groups in total. The van der Waals surface area contributed by atoms with E-state index in [1.807, 2.05) is 0 Å². The van der Waals surface area contributed by atoms with Gasteiger partial charge in [0.2, 0.25) is 0 Å². The maximum absolute atomic E-state index is 5.74. The van der Waals surface area contributed by atoms with Crippen molar-refractivity contribution in [1.29, 1.82) is 0 Å². The molecule has 0 aliphatic rings. The van der Waals surface area contributed by atoms with Gasteiger partial charge in [-0.3, -0.25) is 4.98 Å². The van der Waals surface area contributed by atoms with Gasteiger partial charge in [0.15, 0.2) is 0 Å². The quantitative estimate of drug-likeness (QED) is 0.836. The molecule has 0 fully saturated rings. The van der Waals surface area contributed by atoms with E-state index in [2.05, 4.69) is 36.1 Å². The van der Waals surface area contributed by atoms with Gasteiger partial charge in [-0.25, -0.2) is 4.98 Å². The molecule has 4 heteroatoms. The van der Waals surface area contributed by atoms with Crippen molar-refractivity contribution >= 4 is 17.4 Å². The summed E-state index contributed by atoms with van der Waals surface area (Å²) >= 11 is 5.74. The highest BCUT2D eigenvalue weighted by Gasteiger charge is 2.11. The Morgan fingerprint density at radius 1 is 1.43 bits per heavy atom. The lowest BCUT2D eigenvalue weighted by Crippen LogP contribution is -2.25. The van der Waals surface area contributed by atoms with Gasteiger partial charge < -0.3 is 5.32 Å². The molecule has 3 nitrogen and oxygen atoms in total. The lowest BCUT2D eigenvalue weighted by molar-refractivity contribution is 0.509. The minimum Gasteiger partial charge on any atom is -0.366 e. The zero-order valence-corrected chi connectivity index (χ0v) is 9.54. The molecule has 0 amide bonds. The third kappa shape index (κ3) is 3.14. The molecule has 0 aliphatic heterocycles. The predicted molar refractivity (Wildman–Crippen MR) is 59.6 cm³/mol. The first-order valence-corrected chi connectivity index (χ1v) is 5.25. The highest BCUT2D eigenvalue weighted by molar-refractivity contribution is 6.29. The fraction of sp³-hybridized carbons (Fsp3) is 0.600. The molecule has 0 saturated carbocycles. The van der Waals surface area contributed by atoms with Crippen LogP contribution in [-0.4, -0.2) is 16.0 Å². The van der Waals surface area contributed by atoms with Gasteiger partial charge >= 0.3 is 0 Å². The molecule has 0 aromatic carbocycles. The summed E-state index contributed by atoms with van der Waals surface area (Å²) in [6.45, 7) is 6.51. The Morgan fingerprint density at radius 2 is 2.14 bits per heavy atom. The topological polar surface area (TPSA) is 37.8 Å². The van der Waals surface area contributed by atoms with Crippen LogP contribution in [0.4, 0.5) is 5.82 Å². The van der Waals surface area contributed by atoms with Crippen molar-refractivity contribution < 1.29 is 0 Å². The normalized spacial score (nSPS) is 12.9.